The fourth-order valence-corrected chi connectivity index (χ4v) is 3.02. The van der Waals surface area contributed by atoms with Crippen molar-refractivity contribution in [3.8, 4) is 5.75 Å². The summed E-state index contributed by atoms with van der Waals surface area (Å²) < 4.78 is 6.44. The van der Waals surface area contributed by atoms with E-state index in [1.54, 1.807) is 31.4 Å². The number of fused-ring (bicyclic) bond motifs is 2. The van der Waals surface area contributed by atoms with E-state index in [1.165, 1.54) is 10.8 Å². The lowest BCUT2D eigenvalue weighted by Crippen LogP contribution is -2.10. The predicted octanol–water partition coefficient (Wildman–Crippen LogP) is 4.18. The summed E-state index contributed by atoms with van der Waals surface area (Å²) >= 11 is 5.97. The Labute approximate surface area is 159 Å². The van der Waals surface area contributed by atoms with Gasteiger partial charge >= 0.3 is 0 Å². The number of anilines is 1. The maximum Gasteiger partial charge on any atom is 0.272 e. The van der Waals surface area contributed by atoms with Gasteiger partial charge in [-0.05, 0) is 42.0 Å². The molecule has 0 atom stereocenters. The summed E-state index contributed by atoms with van der Waals surface area (Å²) in [6.45, 7) is 0. The molecule has 0 spiro atoms. The average Bonchev–Trinajstić information content (AvgIpc) is 3.00. The number of carbonyl (C=O) groups is 1. The first kappa shape index (κ1) is 17.1. The largest absolute Gasteiger partial charge is 0.497 e. The molecule has 2 aromatic carbocycles. The highest BCUT2D eigenvalue weighted by atomic mass is 35.5. The lowest BCUT2D eigenvalue weighted by molar-refractivity contribution is 0.0960. The Hall–Kier alpha value is -3.38. The molecule has 0 aliphatic rings. The molecule has 2 heterocycles. The van der Waals surface area contributed by atoms with Crippen LogP contribution in [0.1, 0.15) is 10.4 Å². The minimum absolute atomic E-state index is 0.250. The van der Waals surface area contributed by atoms with Gasteiger partial charge in [-0.15, -0.1) is 5.10 Å². The third-order valence-electron chi connectivity index (χ3n) is 4.16. The Bertz CT molecular complexity index is 1210. The van der Waals surface area contributed by atoms with Gasteiger partial charge in [0, 0.05) is 22.6 Å². The average molecular weight is 379 g/mol. The Morgan fingerprint density at radius 3 is 2.85 bits per heavy atom. The normalized spacial score (nSPS) is 11.5. The maximum absolute atomic E-state index is 12.6. The minimum Gasteiger partial charge on any atom is -0.497 e. The second-order valence-corrected chi connectivity index (χ2v) is 6.38. The van der Waals surface area contributed by atoms with Crippen molar-refractivity contribution >= 4 is 51.3 Å². The highest BCUT2D eigenvalue weighted by Crippen LogP contribution is 2.26. The number of rotatable bonds is 3. The third kappa shape index (κ3) is 3.22. The molecule has 0 saturated carbocycles. The SMILES string of the molecule is COc1ccc2cc3c(N)nn(C(=O)/C=C/c4cccc(Cl)c4)c3nc2c1. The van der Waals surface area contributed by atoms with Crippen LogP contribution in [0.3, 0.4) is 0 Å². The molecule has 0 aliphatic carbocycles. The summed E-state index contributed by atoms with van der Waals surface area (Å²) in [7, 11) is 1.59. The minimum atomic E-state index is -0.355. The number of carbonyl (C=O) groups excluding carboxylic acids is 1. The second kappa shape index (κ2) is 6.74. The van der Waals surface area contributed by atoms with Gasteiger partial charge in [0.2, 0.25) is 0 Å². The van der Waals surface area contributed by atoms with Crippen LogP contribution in [0.25, 0.3) is 28.0 Å². The number of halogens is 1. The van der Waals surface area contributed by atoms with Gasteiger partial charge in [0.15, 0.2) is 11.5 Å². The highest BCUT2D eigenvalue weighted by molar-refractivity contribution is 6.30. The summed E-state index contributed by atoms with van der Waals surface area (Å²) in [6, 6.07) is 14.6. The van der Waals surface area contributed by atoms with Crippen molar-refractivity contribution in [3.05, 3.63) is 65.2 Å². The fraction of sp³-hybridized carbons (Fsp3) is 0.0500. The first-order chi connectivity index (χ1) is 13.0. The van der Waals surface area contributed by atoms with Crippen LogP contribution in [0.4, 0.5) is 5.82 Å². The van der Waals surface area contributed by atoms with Crippen molar-refractivity contribution in [2.75, 3.05) is 12.8 Å². The lowest BCUT2D eigenvalue weighted by Gasteiger charge is -2.03. The zero-order valence-corrected chi connectivity index (χ0v) is 15.1. The summed E-state index contributed by atoms with van der Waals surface area (Å²) in [6.07, 6.45) is 3.08. The van der Waals surface area contributed by atoms with Crippen molar-refractivity contribution in [1.29, 1.82) is 0 Å². The molecule has 4 rings (SSSR count). The zero-order valence-electron chi connectivity index (χ0n) is 14.4. The standard InChI is InChI=1S/C20H15ClN4O2/c1-27-15-7-6-13-10-16-19(22)24-25(20(16)23-17(13)11-15)18(26)8-5-12-3-2-4-14(21)9-12/h2-11H,1H3,(H2,22,24)/b8-5+. The van der Waals surface area contributed by atoms with E-state index in [-0.39, 0.29) is 11.7 Å². The van der Waals surface area contributed by atoms with E-state index in [9.17, 15) is 4.79 Å². The van der Waals surface area contributed by atoms with E-state index in [4.69, 9.17) is 22.1 Å². The number of ether oxygens (including phenoxy) is 1. The molecule has 27 heavy (non-hydrogen) atoms. The van der Waals surface area contributed by atoms with Crippen LogP contribution >= 0.6 is 11.6 Å². The maximum atomic E-state index is 12.6. The van der Waals surface area contributed by atoms with Crippen molar-refractivity contribution in [2.45, 2.75) is 0 Å². The van der Waals surface area contributed by atoms with Crippen LogP contribution in [-0.4, -0.2) is 27.8 Å². The molecule has 0 saturated heterocycles. The number of hydrogen-bond donors (Lipinski definition) is 1. The van der Waals surface area contributed by atoms with Crippen molar-refractivity contribution in [3.63, 3.8) is 0 Å². The number of pyridine rings is 1. The van der Waals surface area contributed by atoms with E-state index in [2.05, 4.69) is 10.1 Å². The number of nitrogens with zero attached hydrogens (tertiary/aromatic N) is 3. The second-order valence-electron chi connectivity index (χ2n) is 5.94. The van der Waals surface area contributed by atoms with Gasteiger partial charge in [0.25, 0.3) is 5.91 Å². The molecule has 0 amide bonds. The highest BCUT2D eigenvalue weighted by Gasteiger charge is 2.15. The molecule has 0 fully saturated rings. The Kier molecular flexibility index (Phi) is 4.25. The molecule has 0 unspecified atom stereocenters. The molecule has 2 N–H and O–H groups in total. The molecule has 0 bridgehead atoms. The molecule has 7 heteroatoms. The van der Waals surface area contributed by atoms with Gasteiger partial charge in [-0.25, -0.2) is 4.98 Å². The van der Waals surface area contributed by atoms with Gasteiger partial charge < -0.3 is 10.5 Å². The number of hydrogen-bond acceptors (Lipinski definition) is 5. The summed E-state index contributed by atoms with van der Waals surface area (Å²) in [5, 5.41) is 6.26. The van der Waals surface area contributed by atoms with Crippen LogP contribution < -0.4 is 10.5 Å². The first-order valence-electron chi connectivity index (χ1n) is 8.16. The Morgan fingerprint density at radius 2 is 2.07 bits per heavy atom. The molecule has 0 aliphatic heterocycles. The van der Waals surface area contributed by atoms with Crippen LogP contribution in [0, 0.1) is 0 Å². The Balaban J connectivity index is 1.78. The van der Waals surface area contributed by atoms with Crippen molar-refractivity contribution in [1.82, 2.24) is 14.8 Å². The lowest BCUT2D eigenvalue weighted by atomic mass is 10.2. The molecule has 2 aromatic heterocycles. The van der Waals surface area contributed by atoms with Crippen molar-refractivity contribution in [2.24, 2.45) is 0 Å². The first-order valence-corrected chi connectivity index (χ1v) is 8.54. The van der Waals surface area contributed by atoms with E-state index >= 15 is 0 Å². The monoisotopic (exact) mass is 378 g/mol. The van der Waals surface area contributed by atoms with E-state index < -0.39 is 0 Å². The summed E-state index contributed by atoms with van der Waals surface area (Å²) in [5.74, 6) is 0.576. The number of methoxy groups -OCH3 is 1. The number of nitrogen functional groups attached to an aromatic ring is 1. The van der Waals surface area contributed by atoms with Gasteiger partial charge in [-0.1, -0.05) is 23.7 Å². The van der Waals surface area contributed by atoms with Gasteiger partial charge in [0.05, 0.1) is 18.0 Å². The fourth-order valence-electron chi connectivity index (χ4n) is 2.82. The molecule has 0 radical (unpaired) electrons. The molecular formula is C20H15ClN4O2. The van der Waals surface area contributed by atoms with Crippen LogP contribution in [0.5, 0.6) is 5.75 Å². The van der Waals surface area contributed by atoms with Crippen LogP contribution in [0.2, 0.25) is 5.02 Å². The number of allylic oxidation sites excluding steroid dienone is 1. The van der Waals surface area contributed by atoms with E-state index in [1.807, 2.05) is 30.3 Å². The number of benzene rings is 2. The number of aromatic nitrogens is 3. The van der Waals surface area contributed by atoms with Crippen LogP contribution in [0.15, 0.2) is 54.6 Å². The summed E-state index contributed by atoms with van der Waals surface area (Å²) in [4.78, 5) is 17.2. The molecule has 134 valence electrons. The van der Waals surface area contributed by atoms with Crippen molar-refractivity contribution < 1.29 is 9.53 Å². The Morgan fingerprint density at radius 1 is 1.22 bits per heavy atom. The molecule has 4 aromatic rings. The molecule has 6 nitrogen and oxygen atoms in total. The number of nitrogens with two attached hydrogens (primary N) is 1. The van der Waals surface area contributed by atoms with E-state index in [0.29, 0.717) is 27.3 Å². The predicted molar refractivity (Wildman–Crippen MR) is 107 cm³/mol. The smallest absolute Gasteiger partial charge is 0.272 e. The van der Waals surface area contributed by atoms with Gasteiger partial charge in [-0.2, -0.15) is 4.68 Å². The quantitative estimate of drug-likeness (QED) is 0.540. The van der Waals surface area contributed by atoms with Crippen LogP contribution in [-0.2, 0) is 0 Å². The third-order valence-corrected chi connectivity index (χ3v) is 4.40. The van der Waals surface area contributed by atoms with E-state index in [0.717, 1.165) is 10.9 Å². The topological polar surface area (TPSA) is 83.0 Å². The van der Waals surface area contributed by atoms with Gasteiger partial charge in [0.1, 0.15) is 5.75 Å². The zero-order chi connectivity index (χ0) is 19.0. The summed E-state index contributed by atoms with van der Waals surface area (Å²) in [5.41, 5.74) is 7.89. The molecular weight excluding hydrogens is 364 g/mol. The van der Waals surface area contributed by atoms with Gasteiger partial charge in [-0.3, -0.25) is 4.79 Å².